The van der Waals surface area contributed by atoms with Crippen LogP contribution in [0.1, 0.15) is 84.6 Å². The average molecular weight is 2000 g/mol. The minimum Gasteiger partial charge on any atom is -0.491 e. The number of terminal acetylenes is 1. The van der Waals surface area contributed by atoms with E-state index in [0.29, 0.717) is 197 Å². The summed E-state index contributed by atoms with van der Waals surface area (Å²) in [4.78, 5) is 20.7. The first-order valence-electron chi connectivity index (χ1n) is 48.0. The predicted octanol–water partition coefficient (Wildman–Crippen LogP) is 11.5. The van der Waals surface area contributed by atoms with Crippen LogP contribution in [0.2, 0.25) is 0 Å². The highest BCUT2D eigenvalue weighted by molar-refractivity contribution is 6.17. The van der Waals surface area contributed by atoms with E-state index in [4.69, 9.17) is 165 Å². The molecule has 0 bridgehead atoms. The lowest BCUT2D eigenvalue weighted by atomic mass is 10.2. The van der Waals surface area contributed by atoms with Gasteiger partial charge in [-0.25, -0.2) is 9.59 Å². The van der Waals surface area contributed by atoms with E-state index < -0.39 is 12.3 Å². The van der Waals surface area contributed by atoms with E-state index >= 15 is 0 Å². The first kappa shape index (κ1) is 121. The summed E-state index contributed by atoms with van der Waals surface area (Å²) in [6.45, 7) is 48.9. The third-order valence-corrected chi connectivity index (χ3v) is 18.6. The topological polar surface area (TPSA) is 411 Å². The Morgan fingerprint density at radius 2 is 0.863 bits per heavy atom. The molecule has 16 saturated heterocycles. The first-order chi connectivity index (χ1) is 67.7. The standard InChI is InChI=1S/2C10H12O2.C9H10O2.C8H14O3.C8H10O3.C7H14O2.C6H10O4.C6H12O3.2C6H12O2.C6H10O2.C6H8O2.C5H8O4.C4H7ClO2.C4H8O2/c1-8-3-2-4-9(5-8)11-6-10-7-12-10;1-2-4-9(5-3-1)6-11-7-10-8-12-10;1-2-4-8(5-3-1)10-6-9-7-11-9;2*1-2-7(10-3-1)4-9-5-8-6-11-8;1-7(2,3)9-5-6-4-8-6;1-2-8-6(7)10-4-5-3-9-5;1-7-2-3-8-4-6-5-9-6;1-5(2)7-3-6-4-8-6;3*1-2-3-7-4-6-5-8-6;1-7-5(6)9-3-4-2-8-4;5-3-6-1-4-2-7-4;1-5-2-4-3-6-4/h2-5,10H,6-7H2,1H3;1-5,10H,6-8H2;1-5,9H,6-7H2;7-8H,1-6H2;1-3,8H,4-6H2;6H,4-5H2,1-3H3;5H,2-4H2,1H3;6H,2-5H2,1H3;5-6H,3-4H2,1-2H3;6H,2-5H2,1H3;2,6H,1,3-5H2;1,6H,3-5H2;4H,2-3H2,1H3;4H,1-3H2;4H,2-3H2,1H3. The quantitative estimate of drug-likeness (QED) is 0.00989. The van der Waals surface area contributed by atoms with Crippen molar-refractivity contribution in [2.75, 3.05) is 278 Å². The number of carbonyl (C=O) groups excluding carboxylic acids is 2. The number of ether oxygens (including phenoxy) is 34. The van der Waals surface area contributed by atoms with E-state index in [0.717, 1.165) is 189 Å². The zero-order valence-corrected chi connectivity index (χ0v) is 84.3. The largest absolute Gasteiger partial charge is 0.508 e. The van der Waals surface area contributed by atoms with Gasteiger partial charge in [-0.1, -0.05) is 91.2 Å². The second-order valence-electron chi connectivity index (χ2n) is 34.0. The molecule has 16 aliphatic rings. The zero-order chi connectivity index (χ0) is 99.7. The zero-order valence-electron chi connectivity index (χ0n) is 83.6. The summed E-state index contributed by atoms with van der Waals surface area (Å²) >= 11 is 5.20. The fraction of sp³-hybridized carbons (Fsp3) is 0.723. The van der Waals surface area contributed by atoms with Crippen molar-refractivity contribution >= 4 is 23.9 Å². The number of carbonyl (C=O) groups is 2. The van der Waals surface area contributed by atoms with Crippen LogP contribution in [0.15, 0.2) is 120 Å². The van der Waals surface area contributed by atoms with E-state index in [9.17, 15) is 9.59 Å². The maximum Gasteiger partial charge on any atom is 0.508 e. The molecule has 16 fully saturated rings. The van der Waals surface area contributed by atoms with Crippen LogP contribution >= 0.6 is 11.6 Å². The molecule has 17 heterocycles. The summed E-state index contributed by atoms with van der Waals surface area (Å²) in [6.07, 6.45) is 16.3. The number of epoxide rings is 15. The van der Waals surface area contributed by atoms with E-state index in [1.807, 2.05) is 92.7 Å². The summed E-state index contributed by atoms with van der Waals surface area (Å²) in [7, 11) is 4.62. The van der Waals surface area contributed by atoms with Crippen LogP contribution in [0, 0.1) is 19.3 Å². The average Bonchev–Trinajstić information content (AvgIpc) is 1.76. The summed E-state index contributed by atoms with van der Waals surface area (Å²) in [6, 6.07) is 32.0. The summed E-state index contributed by atoms with van der Waals surface area (Å²) in [5.41, 5.74) is 2.44. The lowest BCUT2D eigenvalue weighted by Crippen LogP contribution is -2.21. The number of alkyl halides is 1. The summed E-state index contributed by atoms with van der Waals surface area (Å²) in [5.74, 6) is 5.09. The van der Waals surface area contributed by atoms with Crippen LogP contribution in [0.3, 0.4) is 0 Å². The lowest BCUT2D eigenvalue weighted by molar-refractivity contribution is -0.0104. The Morgan fingerprint density at radius 3 is 1.29 bits per heavy atom. The van der Waals surface area contributed by atoms with Crippen molar-refractivity contribution in [3.8, 4) is 23.8 Å². The Hall–Kier alpha value is -6.45. The monoisotopic (exact) mass is 2000 g/mol. The highest BCUT2D eigenvalue weighted by atomic mass is 35.5. The maximum absolute atomic E-state index is 10.5. The number of halogens is 1. The molecule has 792 valence electrons. The number of hydrogen-bond donors (Lipinski definition) is 0. The van der Waals surface area contributed by atoms with Crippen molar-refractivity contribution in [3.63, 3.8) is 0 Å². The molecule has 0 amide bonds. The van der Waals surface area contributed by atoms with Gasteiger partial charge in [-0.05, 0) is 115 Å². The Morgan fingerprint density at radius 1 is 0.439 bits per heavy atom. The van der Waals surface area contributed by atoms with Gasteiger partial charge < -0.3 is 165 Å². The van der Waals surface area contributed by atoms with Gasteiger partial charge in [0.05, 0.1) is 243 Å². The van der Waals surface area contributed by atoms with Crippen LogP contribution in [0.25, 0.3) is 0 Å². The fourth-order valence-electron chi connectivity index (χ4n) is 9.53. The van der Waals surface area contributed by atoms with Crippen LogP contribution in [-0.2, 0) is 165 Å². The highest BCUT2D eigenvalue weighted by Crippen LogP contribution is 2.22. The molecule has 16 aliphatic heterocycles. The minimum atomic E-state index is -0.648. The van der Waals surface area contributed by atoms with Gasteiger partial charge in [0.25, 0.3) is 0 Å². The maximum atomic E-state index is 10.5. The molecule has 20 rings (SSSR count). The lowest BCUT2D eigenvalue weighted by Gasteiger charge is -2.18. The number of methoxy groups -OCH3 is 3. The smallest absolute Gasteiger partial charge is 0.491 e. The van der Waals surface area contributed by atoms with Gasteiger partial charge in [0.2, 0.25) is 0 Å². The minimum absolute atomic E-state index is 0.00799. The van der Waals surface area contributed by atoms with Gasteiger partial charge in [-0.3, -0.25) is 0 Å². The van der Waals surface area contributed by atoms with Gasteiger partial charge in [-0.15, -0.1) is 13.0 Å². The predicted molar refractivity (Wildman–Crippen MR) is 510 cm³/mol. The molecule has 0 N–H and O–H groups in total. The SMILES string of the molecule is C#CCOCC1CO1.C1COC(COCC2CO2)C1.C=CCOCC1CO1.CC(C)(C)OCC1CO1.CC(C)OCC1CO1.CCCOCC1CO1.CCOC(=O)OCC1CO1.COC(=O)OCC1CO1.COCC1CO1.COCCOCC1CO1.Cc1cccc(OCC2CO2)c1.ClCOCC1CO1.c1ccc(COCC2CO2)cc1.c1ccc(OCC2CO2)cc1.c1coc(COCC2CO2)c1. The highest BCUT2D eigenvalue weighted by Gasteiger charge is 2.32. The Labute approximate surface area is 827 Å². The van der Waals surface area contributed by atoms with Crippen LogP contribution in [0.5, 0.6) is 11.5 Å². The van der Waals surface area contributed by atoms with Crippen molar-refractivity contribution in [2.24, 2.45) is 0 Å². The third kappa shape index (κ3) is 85.7. The molecule has 3 aromatic carbocycles. The third-order valence-electron chi connectivity index (χ3n) is 18.5. The number of aryl methyl sites for hydroxylation is 1. The number of rotatable bonds is 49. The Kier molecular flexibility index (Phi) is 68.0. The second-order valence-corrected chi connectivity index (χ2v) is 34.3. The molecule has 0 radical (unpaired) electrons. The van der Waals surface area contributed by atoms with Crippen molar-refractivity contribution in [1.29, 1.82) is 0 Å². The number of benzene rings is 3. The molecule has 1 aromatic heterocycles. The second kappa shape index (κ2) is 78.0. The van der Waals surface area contributed by atoms with Crippen molar-refractivity contribution in [3.05, 3.63) is 133 Å². The van der Waals surface area contributed by atoms with Gasteiger partial charge >= 0.3 is 12.3 Å². The molecule has 139 heavy (non-hydrogen) atoms. The van der Waals surface area contributed by atoms with Crippen LogP contribution < -0.4 is 9.47 Å². The van der Waals surface area contributed by atoms with Crippen molar-refractivity contribution in [2.45, 2.75) is 197 Å². The summed E-state index contributed by atoms with van der Waals surface area (Å²) in [5, 5.41) is 0. The molecule has 38 heteroatoms. The van der Waals surface area contributed by atoms with E-state index in [-0.39, 0.29) is 23.9 Å². The number of furan rings is 1. The molecule has 4 aromatic rings. The molecule has 16 atom stereocenters. The van der Waals surface area contributed by atoms with Gasteiger partial charge in [0.1, 0.15) is 155 Å². The Bertz CT molecular complexity index is 3560. The molecule has 0 spiro atoms. The molecule has 0 aliphatic carbocycles. The Balaban J connectivity index is 0.000000229. The van der Waals surface area contributed by atoms with Gasteiger partial charge in [0.15, 0.2) is 0 Å². The van der Waals surface area contributed by atoms with Gasteiger partial charge in [-0.2, -0.15) is 0 Å². The normalized spacial score (nSPS) is 24.8. The summed E-state index contributed by atoms with van der Waals surface area (Å²) < 4.78 is 174. The number of para-hydroxylation sites is 1. The molecular formula is C101H159ClO37. The van der Waals surface area contributed by atoms with Gasteiger partial charge in [0, 0.05) is 27.4 Å². The molecule has 0 saturated carbocycles. The first-order valence-corrected chi connectivity index (χ1v) is 48.5. The molecule has 37 nitrogen and oxygen atoms in total. The fourth-order valence-corrected chi connectivity index (χ4v) is 9.62. The molecule has 16 unspecified atom stereocenters. The van der Waals surface area contributed by atoms with E-state index in [1.165, 1.54) is 24.7 Å². The van der Waals surface area contributed by atoms with Crippen molar-refractivity contribution < 1.29 is 175 Å². The van der Waals surface area contributed by atoms with Crippen LogP contribution in [-0.4, -0.2) is 400 Å². The van der Waals surface area contributed by atoms with E-state index in [2.05, 4.69) is 84.3 Å². The van der Waals surface area contributed by atoms with Crippen LogP contribution in [0.4, 0.5) is 9.59 Å². The molecular weight excluding hydrogens is 1840 g/mol. The number of hydrogen-bond acceptors (Lipinski definition) is 37. The van der Waals surface area contributed by atoms with E-state index in [1.54, 1.807) is 33.5 Å². The van der Waals surface area contributed by atoms with Crippen molar-refractivity contribution in [1.82, 2.24) is 0 Å².